The number of anilines is 1. The van der Waals surface area contributed by atoms with E-state index in [1.807, 2.05) is 44.2 Å². The van der Waals surface area contributed by atoms with E-state index in [9.17, 15) is 4.79 Å². The molecule has 1 amide bonds. The summed E-state index contributed by atoms with van der Waals surface area (Å²) in [5, 5.41) is 3.68. The van der Waals surface area contributed by atoms with Crippen LogP contribution in [0.3, 0.4) is 0 Å². The van der Waals surface area contributed by atoms with Gasteiger partial charge in [-0.1, -0.05) is 0 Å². The first-order valence-electron chi connectivity index (χ1n) is 10.8. The predicted molar refractivity (Wildman–Crippen MR) is 123 cm³/mol. The van der Waals surface area contributed by atoms with Gasteiger partial charge in [0.05, 0.1) is 19.7 Å². The second-order valence-electron chi connectivity index (χ2n) is 8.00. The first kappa shape index (κ1) is 21.7. The average Bonchev–Trinajstić information content (AvgIpc) is 3.29. The maximum Gasteiger partial charge on any atom is 0.411 e. The van der Waals surface area contributed by atoms with Crippen LogP contribution in [0.1, 0.15) is 36.8 Å². The predicted octanol–water partition coefficient (Wildman–Crippen LogP) is 6.15. The lowest BCUT2D eigenvalue weighted by Gasteiger charge is -2.17. The zero-order valence-electron chi connectivity index (χ0n) is 18.9. The second-order valence-corrected chi connectivity index (χ2v) is 8.00. The molecule has 0 spiro atoms. The van der Waals surface area contributed by atoms with Crippen LogP contribution in [0.4, 0.5) is 10.5 Å². The zero-order chi connectivity index (χ0) is 22.7. The van der Waals surface area contributed by atoms with Crippen LogP contribution in [0, 0.1) is 13.8 Å². The fourth-order valence-corrected chi connectivity index (χ4v) is 3.99. The van der Waals surface area contributed by atoms with Crippen LogP contribution >= 0.6 is 0 Å². The molecule has 7 heteroatoms. The van der Waals surface area contributed by atoms with Gasteiger partial charge in [-0.05, 0) is 74.9 Å². The average molecular weight is 437 g/mol. The highest BCUT2D eigenvalue weighted by Gasteiger charge is 2.20. The number of fused-ring (bicyclic) bond motifs is 1. The normalized spacial score (nSPS) is 13.8. The van der Waals surface area contributed by atoms with E-state index >= 15 is 0 Å². The van der Waals surface area contributed by atoms with Gasteiger partial charge in [-0.2, -0.15) is 0 Å². The zero-order valence-corrected chi connectivity index (χ0v) is 18.9. The number of pyridine rings is 1. The van der Waals surface area contributed by atoms with Gasteiger partial charge in [0.1, 0.15) is 17.6 Å². The van der Waals surface area contributed by atoms with Crippen LogP contribution in [0.25, 0.3) is 10.9 Å². The lowest BCUT2D eigenvalue weighted by Crippen LogP contribution is -2.20. The van der Waals surface area contributed by atoms with Crippen molar-refractivity contribution in [3.05, 3.63) is 47.7 Å². The van der Waals surface area contributed by atoms with Gasteiger partial charge in [-0.3, -0.25) is 10.3 Å². The maximum atomic E-state index is 12.3. The smallest absolute Gasteiger partial charge is 0.411 e. The summed E-state index contributed by atoms with van der Waals surface area (Å²) in [5.41, 5.74) is 3.22. The Morgan fingerprint density at radius 1 is 0.938 bits per heavy atom. The van der Waals surface area contributed by atoms with Gasteiger partial charge in [-0.15, -0.1) is 0 Å². The first-order chi connectivity index (χ1) is 15.5. The number of amides is 1. The number of benzene rings is 2. The molecule has 168 valence electrons. The third kappa shape index (κ3) is 4.56. The van der Waals surface area contributed by atoms with Crippen LogP contribution in [-0.2, 0) is 4.74 Å². The molecule has 4 rings (SSSR count). The summed E-state index contributed by atoms with van der Waals surface area (Å²) >= 11 is 0. The SMILES string of the molecule is COc1cc2nccc(Oc3cc(C)c(NC(=O)OC4CCCC4)cc3C)c2cc1OC. The van der Waals surface area contributed by atoms with Gasteiger partial charge < -0.3 is 18.9 Å². The third-order valence-corrected chi connectivity index (χ3v) is 5.76. The Morgan fingerprint density at radius 2 is 1.66 bits per heavy atom. The molecule has 0 aliphatic heterocycles. The van der Waals surface area contributed by atoms with Crippen molar-refractivity contribution < 1.29 is 23.7 Å². The molecule has 0 bridgehead atoms. The summed E-state index contributed by atoms with van der Waals surface area (Å²) in [5.74, 6) is 2.56. The summed E-state index contributed by atoms with van der Waals surface area (Å²) in [6.07, 6.45) is 5.42. The van der Waals surface area contributed by atoms with Crippen LogP contribution < -0.4 is 19.5 Å². The van der Waals surface area contributed by atoms with E-state index in [1.165, 1.54) is 0 Å². The highest BCUT2D eigenvalue weighted by Crippen LogP contribution is 2.38. The van der Waals surface area contributed by atoms with Crippen molar-refractivity contribution in [2.45, 2.75) is 45.6 Å². The van der Waals surface area contributed by atoms with Crippen molar-refractivity contribution in [3.63, 3.8) is 0 Å². The minimum absolute atomic E-state index is 0.0228. The Balaban J connectivity index is 1.57. The number of nitrogens with zero attached hydrogens (tertiary/aromatic N) is 1. The van der Waals surface area contributed by atoms with Crippen LogP contribution in [-0.4, -0.2) is 31.4 Å². The van der Waals surface area contributed by atoms with Crippen LogP contribution in [0.5, 0.6) is 23.0 Å². The van der Waals surface area contributed by atoms with E-state index in [0.717, 1.165) is 47.7 Å². The minimum atomic E-state index is -0.408. The molecule has 0 atom stereocenters. The molecule has 1 aliphatic rings. The summed E-state index contributed by atoms with van der Waals surface area (Å²) < 4.78 is 22.6. The van der Waals surface area contributed by atoms with Gasteiger partial charge in [0.15, 0.2) is 11.5 Å². The molecule has 0 radical (unpaired) electrons. The highest BCUT2D eigenvalue weighted by molar-refractivity contribution is 5.89. The van der Waals surface area contributed by atoms with E-state index in [-0.39, 0.29) is 6.10 Å². The van der Waals surface area contributed by atoms with Crippen molar-refractivity contribution in [1.29, 1.82) is 0 Å². The molecule has 1 heterocycles. The van der Waals surface area contributed by atoms with Gasteiger partial charge in [-0.25, -0.2) is 4.79 Å². The van der Waals surface area contributed by atoms with E-state index in [2.05, 4.69) is 10.3 Å². The molecule has 0 saturated heterocycles. The van der Waals surface area contributed by atoms with Crippen molar-refractivity contribution in [2.24, 2.45) is 0 Å². The summed E-state index contributed by atoms with van der Waals surface area (Å²) in [4.78, 5) is 16.7. The largest absolute Gasteiger partial charge is 0.493 e. The molecule has 1 saturated carbocycles. The second kappa shape index (κ2) is 9.34. The summed E-state index contributed by atoms with van der Waals surface area (Å²) in [6, 6.07) is 9.30. The Kier molecular flexibility index (Phi) is 6.35. The molecular weight excluding hydrogens is 408 g/mol. The lowest BCUT2D eigenvalue weighted by molar-refractivity contribution is 0.114. The van der Waals surface area contributed by atoms with Gasteiger partial charge in [0.25, 0.3) is 0 Å². The van der Waals surface area contributed by atoms with Crippen molar-refractivity contribution in [2.75, 3.05) is 19.5 Å². The molecular formula is C25H28N2O5. The van der Waals surface area contributed by atoms with Crippen molar-refractivity contribution >= 4 is 22.7 Å². The van der Waals surface area contributed by atoms with Gasteiger partial charge in [0, 0.05) is 23.3 Å². The van der Waals surface area contributed by atoms with Crippen LogP contribution in [0.2, 0.25) is 0 Å². The Morgan fingerprint density at radius 3 is 2.38 bits per heavy atom. The standard InChI is InChI=1S/C25H28N2O5/c1-15-12-22(16(2)11-19(15)27-25(28)31-17-7-5-6-8-17)32-21-9-10-26-20-14-24(30-4)23(29-3)13-18(20)21/h9-14,17H,5-8H2,1-4H3,(H,27,28). The fraction of sp³-hybridized carbons (Fsp3) is 0.360. The first-order valence-corrected chi connectivity index (χ1v) is 10.8. The fourth-order valence-electron chi connectivity index (χ4n) is 3.99. The number of methoxy groups -OCH3 is 2. The topological polar surface area (TPSA) is 78.9 Å². The van der Waals surface area contributed by atoms with E-state index in [0.29, 0.717) is 28.7 Å². The van der Waals surface area contributed by atoms with Crippen molar-refractivity contribution in [3.8, 4) is 23.0 Å². The lowest BCUT2D eigenvalue weighted by atomic mass is 10.1. The summed E-state index contributed by atoms with van der Waals surface area (Å²) in [6.45, 7) is 3.87. The molecule has 2 aromatic carbocycles. The van der Waals surface area contributed by atoms with E-state index in [1.54, 1.807) is 20.4 Å². The minimum Gasteiger partial charge on any atom is -0.493 e. The number of carbonyl (C=O) groups is 1. The number of hydrogen-bond donors (Lipinski definition) is 1. The number of ether oxygens (including phenoxy) is 4. The van der Waals surface area contributed by atoms with Crippen molar-refractivity contribution in [1.82, 2.24) is 4.98 Å². The molecule has 1 fully saturated rings. The molecule has 1 N–H and O–H groups in total. The Hall–Kier alpha value is -3.48. The maximum absolute atomic E-state index is 12.3. The van der Waals surface area contributed by atoms with Crippen LogP contribution in [0.15, 0.2) is 36.5 Å². The number of carbonyl (C=O) groups excluding carboxylic acids is 1. The molecule has 7 nitrogen and oxygen atoms in total. The molecule has 1 aromatic heterocycles. The molecule has 32 heavy (non-hydrogen) atoms. The Labute approximate surface area is 187 Å². The van der Waals surface area contributed by atoms with E-state index in [4.69, 9.17) is 18.9 Å². The number of aryl methyl sites for hydroxylation is 2. The monoisotopic (exact) mass is 436 g/mol. The molecule has 1 aliphatic carbocycles. The molecule has 0 unspecified atom stereocenters. The van der Waals surface area contributed by atoms with Gasteiger partial charge in [0.2, 0.25) is 0 Å². The number of aromatic nitrogens is 1. The van der Waals surface area contributed by atoms with E-state index < -0.39 is 6.09 Å². The highest BCUT2D eigenvalue weighted by atomic mass is 16.6. The Bertz CT molecular complexity index is 1140. The number of rotatable bonds is 6. The molecule has 3 aromatic rings. The third-order valence-electron chi connectivity index (χ3n) is 5.76. The number of nitrogens with one attached hydrogen (secondary N) is 1. The summed E-state index contributed by atoms with van der Waals surface area (Å²) in [7, 11) is 3.19. The quantitative estimate of drug-likeness (QED) is 0.499. The van der Waals surface area contributed by atoms with Gasteiger partial charge >= 0.3 is 6.09 Å². The number of hydrogen-bond acceptors (Lipinski definition) is 6.